The zero-order chi connectivity index (χ0) is 24.9. The van der Waals surface area contributed by atoms with E-state index in [2.05, 4.69) is 21.2 Å². The molecule has 3 fully saturated rings. The van der Waals surface area contributed by atoms with Crippen LogP contribution in [0.4, 0.5) is 10.3 Å². The van der Waals surface area contributed by atoms with Crippen LogP contribution < -0.4 is 10.2 Å². The van der Waals surface area contributed by atoms with Crippen molar-refractivity contribution in [2.45, 2.75) is 38.6 Å². The summed E-state index contributed by atoms with van der Waals surface area (Å²) in [7, 11) is -2.92. The second kappa shape index (κ2) is 9.70. The molecular formula is C24H32N6O3S3. The number of carbonyl (C=O) groups is 1. The van der Waals surface area contributed by atoms with Gasteiger partial charge in [0, 0.05) is 50.9 Å². The van der Waals surface area contributed by atoms with E-state index >= 15 is 0 Å². The number of nitrogens with zero attached hydrogens (tertiary/aromatic N) is 5. The van der Waals surface area contributed by atoms with Gasteiger partial charge < -0.3 is 15.1 Å². The number of sulfone groups is 1. The van der Waals surface area contributed by atoms with Gasteiger partial charge in [0.25, 0.3) is 0 Å². The fourth-order valence-electron chi connectivity index (χ4n) is 5.60. The van der Waals surface area contributed by atoms with E-state index < -0.39 is 9.84 Å². The summed E-state index contributed by atoms with van der Waals surface area (Å²) in [5, 5.41) is 4.89. The van der Waals surface area contributed by atoms with Gasteiger partial charge in [0.1, 0.15) is 0 Å². The first-order valence-electron chi connectivity index (χ1n) is 12.8. The molecule has 0 radical (unpaired) electrons. The molecule has 1 aliphatic carbocycles. The minimum absolute atomic E-state index is 0.132. The number of fused-ring (bicyclic) bond motifs is 2. The van der Waals surface area contributed by atoms with Crippen molar-refractivity contribution in [3.63, 3.8) is 0 Å². The number of amides is 1. The molecule has 36 heavy (non-hydrogen) atoms. The van der Waals surface area contributed by atoms with Crippen molar-refractivity contribution in [2.75, 3.05) is 67.5 Å². The summed E-state index contributed by atoms with van der Waals surface area (Å²) < 4.78 is 25.7. The summed E-state index contributed by atoms with van der Waals surface area (Å²) in [5.74, 6) is 0.498. The van der Waals surface area contributed by atoms with Crippen molar-refractivity contribution in [2.24, 2.45) is 0 Å². The van der Waals surface area contributed by atoms with Gasteiger partial charge in [-0.3, -0.25) is 9.69 Å². The molecule has 2 aliphatic heterocycles. The van der Waals surface area contributed by atoms with Gasteiger partial charge in [-0.15, -0.1) is 0 Å². The predicted octanol–water partition coefficient (Wildman–Crippen LogP) is 2.95. The molecule has 3 aromatic rings. The van der Waals surface area contributed by atoms with Crippen LogP contribution in [-0.4, -0.2) is 97.5 Å². The molecular weight excluding hydrogens is 517 g/mol. The van der Waals surface area contributed by atoms with Crippen LogP contribution in [0.25, 0.3) is 20.4 Å². The Labute approximate surface area is 219 Å². The highest BCUT2D eigenvalue weighted by atomic mass is 32.2. The molecule has 12 heteroatoms. The van der Waals surface area contributed by atoms with Crippen molar-refractivity contribution >= 4 is 69.1 Å². The standard InChI is InChI=1S/C24H32N6O3S3/c1-16-21-18(14-19-22(16)27-24(35-19)30-10-12-36(32,33)13-11-30)34-23(26-21)25-15-20(31)29-8-6-28(7-9-29)17-4-2-3-5-17/h14,17H,2-13,15H2,1H3,(H,25,26). The van der Waals surface area contributed by atoms with Crippen LogP contribution >= 0.6 is 22.7 Å². The van der Waals surface area contributed by atoms with Gasteiger partial charge in [-0.1, -0.05) is 35.5 Å². The van der Waals surface area contributed by atoms with Gasteiger partial charge >= 0.3 is 0 Å². The summed E-state index contributed by atoms with van der Waals surface area (Å²) in [6.45, 7) is 6.86. The smallest absolute Gasteiger partial charge is 0.242 e. The Morgan fingerprint density at radius 2 is 1.67 bits per heavy atom. The van der Waals surface area contributed by atoms with Crippen molar-refractivity contribution in [1.82, 2.24) is 19.8 Å². The number of aromatic nitrogens is 2. The molecule has 0 unspecified atom stereocenters. The van der Waals surface area contributed by atoms with Crippen LogP contribution in [0.1, 0.15) is 31.2 Å². The first-order chi connectivity index (χ1) is 17.4. The molecule has 2 aromatic heterocycles. The van der Waals surface area contributed by atoms with E-state index in [0.29, 0.717) is 13.1 Å². The molecule has 4 heterocycles. The number of benzene rings is 1. The van der Waals surface area contributed by atoms with Crippen LogP contribution in [-0.2, 0) is 14.6 Å². The van der Waals surface area contributed by atoms with Gasteiger partial charge in [0.2, 0.25) is 5.91 Å². The third kappa shape index (κ3) is 4.80. The van der Waals surface area contributed by atoms with Crippen LogP contribution in [0, 0.1) is 6.92 Å². The van der Waals surface area contributed by atoms with E-state index in [9.17, 15) is 13.2 Å². The number of carbonyl (C=O) groups excluding carboxylic acids is 1. The highest BCUT2D eigenvalue weighted by molar-refractivity contribution is 7.91. The lowest BCUT2D eigenvalue weighted by Crippen LogP contribution is -2.52. The fourth-order valence-corrected chi connectivity index (χ4v) is 8.95. The van der Waals surface area contributed by atoms with Gasteiger partial charge in [-0.25, -0.2) is 18.4 Å². The monoisotopic (exact) mass is 548 g/mol. The Hall–Kier alpha value is -2.02. The minimum atomic E-state index is -2.92. The first-order valence-corrected chi connectivity index (χ1v) is 16.2. The van der Waals surface area contributed by atoms with Crippen molar-refractivity contribution in [3.05, 3.63) is 11.6 Å². The molecule has 3 aliphatic rings. The Balaban J connectivity index is 1.10. The molecule has 0 atom stereocenters. The molecule has 2 saturated heterocycles. The minimum Gasteiger partial charge on any atom is -0.352 e. The number of anilines is 2. The van der Waals surface area contributed by atoms with E-state index in [1.807, 2.05) is 11.8 Å². The molecule has 1 saturated carbocycles. The van der Waals surface area contributed by atoms with Crippen LogP contribution in [0.2, 0.25) is 0 Å². The molecule has 6 rings (SSSR count). The maximum absolute atomic E-state index is 12.8. The molecule has 0 spiro atoms. The van der Waals surface area contributed by atoms with E-state index in [4.69, 9.17) is 9.97 Å². The van der Waals surface area contributed by atoms with Crippen LogP contribution in [0.15, 0.2) is 6.07 Å². The number of aryl methyl sites for hydroxylation is 1. The summed E-state index contributed by atoms with van der Waals surface area (Å²) in [6.07, 6.45) is 5.30. The lowest BCUT2D eigenvalue weighted by Gasteiger charge is -2.38. The molecule has 194 valence electrons. The lowest BCUT2D eigenvalue weighted by molar-refractivity contribution is -0.131. The number of thiazole rings is 2. The third-order valence-corrected chi connectivity index (χ3v) is 11.4. The fraction of sp³-hybridized carbons (Fsp3) is 0.625. The van der Waals surface area contributed by atoms with Gasteiger partial charge in [0.05, 0.1) is 38.5 Å². The molecule has 1 aromatic carbocycles. The Morgan fingerprint density at radius 1 is 1.00 bits per heavy atom. The highest BCUT2D eigenvalue weighted by Crippen LogP contribution is 2.38. The van der Waals surface area contributed by atoms with E-state index in [1.54, 1.807) is 22.7 Å². The lowest BCUT2D eigenvalue weighted by atomic mass is 10.2. The van der Waals surface area contributed by atoms with Crippen LogP contribution in [0.5, 0.6) is 0 Å². The summed E-state index contributed by atoms with van der Waals surface area (Å²) in [6, 6.07) is 2.84. The largest absolute Gasteiger partial charge is 0.352 e. The number of hydrogen-bond donors (Lipinski definition) is 1. The SMILES string of the molecule is Cc1c2nc(NCC(=O)N3CCN(C4CCCC4)CC3)sc2cc2sc(N3CCS(=O)(=O)CC3)nc12. The topological polar surface area (TPSA) is 98.7 Å². The third-order valence-electron chi connectivity index (χ3n) is 7.78. The van der Waals surface area contributed by atoms with E-state index in [-0.39, 0.29) is 24.0 Å². The van der Waals surface area contributed by atoms with E-state index in [1.165, 1.54) is 25.7 Å². The van der Waals surface area contributed by atoms with Gasteiger partial charge in [-0.2, -0.15) is 0 Å². The number of hydrogen-bond acceptors (Lipinski definition) is 10. The Morgan fingerprint density at radius 3 is 2.39 bits per heavy atom. The van der Waals surface area contributed by atoms with Crippen molar-refractivity contribution in [1.29, 1.82) is 0 Å². The van der Waals surface area contributed by atoms with Crippen molar-refractivity contribution < 1.29 is 13.2 Å². The quantitative estimate of drug-likeness (QED) is 0.520. The Kier molecular flexibility index (Phi) is 6.55. The summed E-state index contributed by atoms with van der Waals surface area (Å²) >= 11 is 3.16. The zero-order valence-corrected chi connectivity index (χ0v) is 23.0. The number of nitrogens with one attached hydrogen (secondary N) is 1. The molecule has 9 nitrogen and oxygen atoms in total. The number of piperazine rings is 1. The maximum atomic E-state index is 12.8. The molecule has 0 bridgehead atoms. The van der Waals surface area contributed by atoms with E-state index in [0.717, 1.165) is 68.5 Å². The zero-order valence-electron chi connectivity index (χ0n) is 20.5. The maximum Gasteiger partial charge on any atom is 0.242 e. The summed E-state index contributed by atoms with van der Waals surface area (Å²) in [4.78, 5) is 29.1. The highest BCUT2D eigenvalue weighted by Gasteiger charge is 2.28. The van der Waals surface area contributed by atoms with Crippen molar-refractivity contribution in [3.8, 4) is 0 Å². The second-order valence-corrected chi connectivity index (χ2v) is 14.4. The second-order valence-electron chi connectivity index (χ2n) is 10.1. The normalized spacial score (nSPS) is 21.6. The number of rotatable bonds is 5. The Bertz CT molecular complexity index is 1370. The summed E-state index contributed by atoms with van der Waals surface area (Å²) in [5.41, 5.74) is 2.85. The average molecular weight is 549 g/mol. The predicted molar refractivity (Wildman–Crippen MR) is 147 cm³/mol. The first kappa shape index (κ1) is 24.3. The molecule has 1 amide bonds. The van der Waals surface area contributed by atoms with Gasteiger partial charge in [-0.05, 0) is 25.8 Å². The van der Waals surface area contributed by atoms with Gasteiger partial charge in [0.15, 0.2) is 20.1 Å². The molecule has 1 N–H and O–H groups in total. The average Bonchev–Trinajstić information content (AvgIpc) is 3.63. The van der Waals surface area contributed by atoms with Crippen LogP contribution in [0.3, 0.4) is 0 Å².